The van der Waals surface area contributed by atoms with Gasteiger partial charge in [0.05, 0.1) is 26.4 Å². The van der Waals surface area contributed by atoms with Gasteiger partial charge in [-0.1, -0.05) is 206 Å². The first kappa shape index (κ1) is 55.6. The molecule has 0 amide bonds. The monoisotopic (exact) mass is 844 g/mol. The summed E-state index contributed by atoms with van der Waals surface area (Å²) in [7, 11) is 1.93. The van der Waals surface area contributed by atoms with E-state index in [1.807, 2.05) is 25.2 Å². The van der Waals surface area contributed by atoms with Crippen molar-refractivity contribution in [2.45, 2.75) is 258 Å². The number of carbonyl (C=O) groups is 2. The van der Waals surface area contributed by atoms with Crippen LogP contribution < -0.4 is 14.8 Å². The maximum absolute atomic E-state index is 12.0. The molecule has 0 aliphatic heterocycles. The number of hydrogen-bond acceptors (Lipinski definition) is 7. The molecular weight excluding hydrogens is 747 g/mol. The molecule has 0 aliphatic rings. The Morgan fingerprint density at radius 3 is 1.03 bits per heavy atom. The maximum atomic E-state index is 12.0. The molecule has 0 heterocycles. The minimum absolute atomic E-state index is 0.0138. The SMILES string of the molecule is CCCCCCCCCCCCOC(=O)CCCCCCCCCCOc1ccc(NC)cc1OCCCCCCCCCCC(=O)OCCCCCCCCCCCC. The Balaban J connectivity index is 1.95. The molecule has 1 aromatic rings. The van der Waals surface area contributed by atoms with Gasteiger partial charge in [-0.25, -0.2) is 0 Å². The second-order valence-electron chi connectivity index (χ2n) is 17.6. The highest BCUT2D eigenvalue weighted by Gasteiger charge is 2.08. The normalized spacial score (nSPS) is 11.2. The Morgan fingerprint density at radius 1 is 0.383 bits per heavy atom. The first-order chi connectivity index (χ1) is 29.6. The predicted molar refractivity (Wildman–Crippen MR) is 256 cm³/mol. The van der Waals surface area contributed by atoms with E-state index in [1.54, 1.807) is 0 Å². The molecule has 0 aromatic heterocycles. The van der Waals surface area contributed by atoms with Crippen LogP contribution in [0.15, 0.2) is 18.2 Å². The predicted octanol–water partition coefficient (Wildman–Crippen LogP) is 16.4. The Labute approximate surface area is 371 Å². The maximum Gasteiger partial charge on any atom is 0.305 e. The van der Waals surface area contributed by atoms with E-state index < -0.39 is 0 Å². The molecule has 0 fully saturated rings. The van der Waals surface area contributed by atoms with Crippen LogP contribution in [0.4, 0.5) is 5.69 Å². The van der Waals surface area contributed by atoms with Crippen LogP contribution in [0.25, 0.3) is 0 Å². The van der Waals surface area contributed by atoms with Crippen molar-refractivity contribution in [3.8, 4) is 11.5 Å². The fraction of sp³-hybridized carbons (Fsp3) is 0.849. The lowest BCUT2D eigenvalue weighted by atomic mass is 10.1. The van der Waals surface area contributed by atoms with Crippen LogP contribution in [0.2, 0.25) is 0 Å². The van der Waals surface area contributed by atoms with E-state index in [0.29, 0.717) is 39.3 Å². The molecule has 7 heteroatoms. The summed E-state index contributed by atoms with van der Waals surface area (Å²) in [5.41, 5.74) is 1.03. The van der Waals surface area contributed by atoms with Crippen LogP contribution in [0.3, 0.4) is 0 Å². The summed E-state index contributed by atoms with van der Waals surface area (Å²) >= 11 is 0. The van der Waals surface area contributed by atoms with Gasteiger partial charge in [0.15, 0.2) is 11.5 Å². The van der Waals surface area contributed by atoms with Crippen LogP contribution in [-0.2, 0) is 19.1 Å². The summed E-state index contributed by atoms with van der Waals surface area (Å²) in [5.74, 6) is 1.63. The van der Waals surface area contributed by atoms with Crippen molar-refractivity contribution in [1.82, 2.24) is 0 Å². The average molecular weight is 844 g/mol. The molecule has 0 saturated carbocycles. The Hall–Kier alpha value is -2.44. The Kier molecular flexibility index (Phi) is 41.3. The number of anilines is 1. The number of carbonyl (C=O) groups excluding carboxylic acids is 2. The molecule has 0 radical (unpaired) electrons. The summed E-state index contributed by atoms with van der Waals surface area (Å²) in [4.78, 5) is 24.1. The van der Waals surface area contributed by atoms with Crippen LogP contribution in [0, 0.1) is 0 Å². The average Bonchev–Trinajstić information content (AvgIpc) is 3.25. The van der Waals surface area contributed by atoms with Gasteiger partial charge in [0.1, 0.15) is 0 Å². The molecule has 60 heavy (non-hydrogen) atoms. The third kappa shape index (κ3) is 37.3. The molecular formula is C53H97NO6. The fourth-order valence-corrected chi connectivity index (χ4v) is 7.82. The summed E-state index contributed by atoms with van der Waals surface area (Å²) in [5, 5.41) is 3.22. The fourth-order valence-electron chi connectivity index (χ4n) is 7.82. The molecule has 0 atom stereocenters. The molecule has 1 N–H and O–H groups in total. The molecule has 1 rings (SSSR count). The van der Waals surface area contributed by atoms with Crippen molar-refractivity contribution >= 4 is 17.6 Å². The van der Waals surface area contributed by atoms with Gasteiger partial charge in [-0.2, -0.15) is 0 Å². The van der Waals surface area contributed by atoms with Crippen LogP contribution >= 0.6 is 0 Å². The number of nitrogens with one attached hydrogen (secondary N) is 1. The lowest BCUT2D eigenvalue weighted by molar-refractivity contribution is -0.144. The highest BCUT2D eigenvalue weighted by atomic mass is 16.5. The van der Waals surface area contributed by atoms with Crippen molar-refractivity contribution in [3.63, 3.8) is 0 Å². The molecule has 0 unspecified atom stereocenters. The quantitative estimate of drug-likeness (QED) is 0.0517. The van der Waals surface area contributed by atoms with E-state index in [1.165, 1.54) is 180 Å². The topological polar surface area (TPSA) is 83.1 Å². The zero-order valence-corrected chi connectivity index (χ0v) is 39.9. The van der Waals surface area contributed by atoms with Gasteiger partial charge < -0.3 is 24.3 Å². The molecule has 1 aromatic carbocycles. The van der Waals surface area contributed by atoms with Gasteiger partial charge in [0, 0.05) is 31.6 Å². The number of benzene rings is 1. The summed E-state index contributed by atoms with van der Waals surface area (Å²) in [6.07, 6.45) is 45.4. The molecule has 7 nitrogen and oxygen atoms in total. The van der Waals surface area contributed by atoms with E-state index in [9.17, 15) is 9.59 Å². The van der Waals surface area contributed by atoms with Crippen molar-refractivity contribution in [2.24, 2.45) is 0 Å². The van der Waals surface area contributed by atoms with Gasteiger partial charge >= 0.3 is 11.9 Å². The number of unbranched alkanes of at least 4 members (excludes halogenated alkanes) is 32. The van der Waals surface area contributed by atoms with Crippen LogP contribution in [0.5, 0.6) is 11.5 Å². The van der Waals surface area contributed by atoms with Gasteiger partial charge in [0.25, 0.3) is 0 Å². The molecule has 350 valence electrons. The number of rotatable bonds is 47. The Morgan fingerprint density at radius 2 is 0.683 bits per heavy atom. The molecule has 0 saturated heterocycles. The third-order valence-electron chi connectivity index (χ3n) is 11.8. The van der Waals surface area contributed by atoms with E-state index in [-0.39, 0.29) is 11.9 Å². The number of ether oxygens (including phenoxy) is 4. The smallest absolute Gasteiger partial charge is 0.305 e. The summed E-state index contributed by atoms with van der Waals surface area (Å²) < 4.78 is 23.3. The van der Waals surface area contributed by atoms with Gasteiger partial charge in [0.2, 0.25) is 0 Å². The van der Waals surface area contributed by atoms with Crippen molar-refractivity contribution in [3.05, 3.63) is 18.2 Å². The molecule has 0 bridgehead atoms. The lowest BCUT2D eigenvalue weighted by Gasteiger charge is -2.14. The minimum atomic E-state index is -0.0141. The second-order valence-corrected chi connectivity index (χ2v) is 17.6. The molecule has 0 aliphatic carbocycles. The number of esters is 2. The van der Waals surface area contributed by atoms with Crippen molar-refractivity contribution < 1.29 is 28.5 Å². The van der Waals surface area contributed by atoms with Gasteiger partial charge in [-0.15, -0.1) is 0 Å². The zero-order chi connectivity index (χ0) is 43.2. The lowest BCUT2D eigenvalue weighted by Crippen LogP contribution is -2.05. The standard InChI is InChI=1S/C53H97NO6/c1-4-6-8-10-12-14-18-26-32-38-46-59-52(55)40-34-28-22-16-20-24-30-36-44-57-50-43-42-49(54-3)48-51(50)58-45-37-31-25-21-17-23-29-35-41-53(56)60-47-39-33-27-19-15-13-11-9-7-5-2/h42-43,48,54H,4-41,44-47H2,1-3H3. The first-order valence-electron chi connectivity index (χ1n) is 26.0. The van der Waals surface area contributed by atoms with Gasteiger partial charge in [-0.3, -0.25) is 9.59 Å². The van der Waals surface area contributed by atoms with E-state index in [2.05, 4.69) is 19.2 Å². The second kappa shape index (κ2) is 44.6. The van der Waals surface area contributed by atoms with Crippen LogP contribution in [0.1, 0.15) is 258 Å². The first-order valence-corrected chi connectivity index (χ1v) is 26.0. The highest BCUT2D eigenvalue weighted by Crippen LogP contribution is 2.31. The largest absolute Gasteiger partial charge is 0.490 e. The third-order valence-corrected chi connectivity index (χ3v) is 11.8. The highest BCUT2D eigenvalue weighted by molar-refractivity contribution is 5.69. The van der Waals surface area contributed by atoms with Gasteiger partial charge in [-0.05, 0) is 50.7 Å². The minimum Gasteiger partial charge on any atom is -0.490 e. The van der Waals surface area contributed by atoms with Crippen molar-refractivity contribution in [1.29, 1.82) is 0 Å². The van der Waals surface area contributed by atoms with Crippen molar-refractivity contribution in [2.75, 3.05) is 38.8 Å². The Bertz CT molecular complexity index is 1080. The summed E-state index contributed by atoms with van der Waals surface area (Å²) in [6, 6.07) is 6.11. The zero-order valence-electron chi connectivity index (χ0n) is 39.9. The van der Waals surface area contributed by atoms with E-state index in [4.69, 9.17) is 18.9 Å². The van der Waals surface area contributed by atoms with E-state index in [0.717, 1.165) is 68.6 Å². The number of hydrogen-bond donors (Lipinski definition) is 1. The summed E-state index contributed by atoms with van der Waals surface area (Å²) in [6.45, 7) is 7.13. The van der Waals surface area contributed by atoms with E-state index >= 15 is 0 Å². The van der Waals surface area contributed by atoms with Crippen LogP contribution in [-0.4, -0.2) is 45.4 Å². The molecule has 0 spiro atoms.